The number of nitrogens with zero attached hydrogens (tertiary/aromatic N) is 2. The van der Waals surface area contributed by atoms with Gasteiger partial charge in [0, 0.05) is 19.2 Å². The van der Waals surface area contributed by atoms with Gasteiger partial charge in [-0.05, 0) is 66.4 Å². The number of unbranched alkanes of at least 4 members (excludes halogenated alkanes) is 3. The maximum atomic E-state index is 13.0. The van der Waals surface area contributed by atoms with Crippen molar-refractivity contribution in [2.45, 2.75) is 45.7 Å². The Morgan fingerprint density at radius 2 is 1.83 bits per heavy atom. The summed E-state index contributed by atoms with van der Waals surface area (Å²) in [5, 5.41) is 2.44. The molecule has 1 heterocycles. The van der Waals surface area contributed by atoms with Crippen LogP contribution in [0.4, 0.5) is 24.7 Å². The fraction of sp³-hybridized carbons (Fsp3) is 0.333. The van der Waals surface area contributed by atoms with E-state index in [0.29, 0.717) is 22.4 Å². The Balaban J connectivity index is 1.72. The third-order valence-corrected chi connectivity index (χ3v) is 6.14. The van der Waals surface area contributed by atoms with Gasteiger partial charge in [0.25, 0.3) is 5.91 Å². The smallest absolute Gasteiger partial charge is 0.360 e. The second-order valence-corrected chi connectivity index (χ2v) is 8.97. The highest BCUT2D eigenvalue weighted by Gasteiger charge is 2.33. The van der Waals surface area contributed by atoms with Crippen molar-refractivity contribution in [1.82, 2.24) is 4.98 Å². The number of carbonyl (C=O) groups excluding carboxylic acids is 1. The number of nitrogens with one attached hydrogen (secondary N) is 1. The summed E-state index contributed by atoms with van der Waals surface area (Å²) in [6, 6.07) is 12.3. The van der Waals surface area contributed by atoms with Crippen LogP contribution in [0.25, 0.3) is 11.1 Å². The van der Waals surface area contributed by atoms with Crippen LogP contribution in [0.2, 0.25) is 5.02 Å². The van der Waals surface area contributed by atoms with Crippen LogP contribution in [0.15, 0.2) is 54.7 Å². The van der Waals surface area contributed by atoms with E-state index in [1.165, 1.54) is 31.4 Å². The number of halogens is 4. The first-order valence-corrected chi connectivity index (χ1v) is 11.9. The predicted molar refractivity (Wildman–Crippen MR) is 136 cm³/mol. The predicted octanol–water partition coefficient (Wildman–Crippen LogP) is 8.00. The van der Waals surface area contributed by atoms with Gasteiger partial charge in [-0.15, -0.1) is 0 Å². The third-order valence-electron chi connectivity index (χ3n) is 5.83. The minimum absolute atomic E-state index is 0.341. The zero-order valence-corrected chi connectivity index (χ0v) is 20.8. The normalized spacial score (nSPS) is 11.4. The minimum Gasteiger partial charge on any atom is -0.360 e. The van der Waals surface area contributed by atoms with E-state index >= 15 is 0 Å². The Hall–Kier alpha value is -3.06. The molecule has 1 amide bonds. The maximum absolute atomic E-state index is 13.0. The van der Waals surface area contributed by atoms with E-state index in [-0.39, 0.29) is 10.9 Å². The molecule has 3 rings (SSSR count). The molecule has 1 aromatic heterocycles. The number of hydrogen-bond donors (Lipinski definition) is 1. The Morgan fingerprint density at radius 3 is 2.46 bits per heavy atom. The second kappa shape index (κ2) is 11.6. The molecule has 2 aromatic carbocycles. The molecular weight excluding hydrogens is 475 g/mol. The standard InChI is InChI=1S/C27H29ClF3N3O/c1-4-5-6-7-14-34(3)25-13-11-21(17-32-25)33-26(35)20-9-8-18(2)22(15-20)19-10-12-23(24(28)16-19)27(29,30)31/h8-13,15-17H,4-7,14H2,1-3H3,(H,33,35). The molecule has 0 radical (unpaired) electrons. The van der Waals surface area contributed by atoms with Crippen LogP contribution in [-0.2, 0) is 6.18 Å². The lowest BCUT2D eigenvalue weighted by Gasteiger charge is -2.18. The summed E-state index contributed by atoms with van der Waals surface area (Å²) in [6.45, 7) is 4.92. The Kier molecular flexibility index (Phi) is 8.78. The summed E-state index contributed by atoms with van der Waals surface area (Å²) in [7, 11) is 1.99. The van der Waals surface area contributed by atoms with Gasteiger partial charge in [0.1, 0.15) is 5.82 Å². The molecule has 0 aliphatic heterocycles. The summed E-state index contributed by atoms with van der Waals surface area (Å²) >= 11 is 5.89. The second-order valence-electron chi connectivity index (χ2n) is 8.56. The number of alkyl halides is 3. The molecule has 0 aliphatic carbocycles. The van der Waals surface area contributed by atoms with Crippen LogP contribution in [-0.4, -0.2) is 24.5 Å². The Bertz CT molecular complexity index is 1160. The van der Waals surface area contributed by atoms with Gasteiger partial charge in [-0.3, -0.25) is 4.79 Å². The van der Waals surface area contributed by atoms with Crippen LogP contribution in [0.3, 0.4) is 0 Å². The van der Waals surface area contributed by atoms with Gasteiger partial charge in [-0.1, -0.05) is 49.9 Å². The van der Waals surface area contributed by atoms with E-state index in [1.54, 1.807) is 30.5 Å². The number of anilines is 2. The van der Waals surface area contributed by atoms with Crippen molar-refractivity contribution >= 4 is 29.0 Å². The number of pyridine rings is 1. The maximum Gasteiger partial charge on any atom is 0.417 e. The molecule has 4 nitrogen and oxygen atoms in total. The van der Waals surface area contributed by atoms with E-state index in [0.717, 1.165) is 30.4 Å². The van der Waals surface area contributed by atoms with Gasteiger partial charge in [-0.25, -0.2) is 4.98 Å². The van der Waals surface area contributed by atoms with Gasteiger partial charge in [0.05, 0.1) is 22.5 Å². The molecule has 0 fully saturated rings. The summed E-state index contributed by atoms with van der Waals surface area (Å²) in [4.78, 5) is 19.4. The third kappa shape index (κ3) is 6.98. The molecule has 3 aromatic rings. The first-order chi connectivity index (χ1) is 16.6. The minimum atomic E-state index is -4.53. The number of carbonyl (C=O) groups is 1. The molecule has 1 N–H and O–H groups in total. The van der Waals surface area contributed by atoms with Crippen LogP contribution in [0, 0.1) is 6.92 Å². The Morgan fingerprint density at radius 1 is 1.06 bits per heavy atom. The number of amides is 1. The number of aryl methyl sites for hydroxylation is 1. The lowest BCUT2D eigenvalue weighted by Crippen LogP contribution is -2.19. The van der Waals surface area contributed by atoms with Gasteiger partial charge in [-0.2, -0.15) is 13.2 Å². The zero-order valence-electron chi connectivity index (χ0n) is 20.0. The quantitative estimate of drug-likeness (QED) is 0.301. The first kappa shape index (κ1) is 26.5. The van der Waals surface area contributed by atoms with Crippen molar-refractivity contribution in [1.29, 1.82) is 0 Å². The molecule has 0 atom stereocenters. The van der Waals surface area contributed by atoms with Crippen molar-refractivity contribution in [2.24, 2.45) is 0 Å². The largest absolute Gasteiger partial charge is 0.417 e. The zero-order chi connectivity index (χ0) is 25.6. The van der Waals surface area contributed by atoms with Crippen molar-refractivity contribution in [3.63, 3.8) is 0 Å². The summed E-state index contributed by atoms with van der Waals surface area (Å²) in [6.07, 6.45) is 1.78. The Labute approximate surface area is 209 Å². The molecule has 0 saturated heterocycles. The number of hydrogen-bond acceptors (Lipinski definition) is 3. The summed E-state index contributed by atoms with van der Waals surface area (Å²) in [5.41, 5.74) is 1.98. The van der Waals surface area contributed by atoms with Crippen LogP contribution < -0.4 is 10.2 Å². The SMILES string of the molecule is CCCCCCN(C)c1ccc(NC(=O)c2ccc(C)c(-c3ccc(C(F)(F)F)c(Cl)c3)c2)cn1. The van der Waals surface area contributed by atoms with E-state index in [1.807, 2.05) is 20.0 Å². The topological polar surface area (TPSA) is 45.2 Å². The highest BCUT2D eigenvalue weighted by atomic mass is 35.5. The lowest BCUT2D eigenvalue weighted by molar-refractivity contribution is -0.137. The van der Waals surface area contributed by atoms with Gasteiger partial charge in [0.2, 0.25) is 0 Å². The highest BCUT2D eigenvalue weighted by Crippen LogP contribution is 2.37. The summed E-state index contributed by atoms with van der Waals surface area (Å²) < 4.78 is 39.1. The molecular formula is C27H29ClF3N3O. The van der Waals surface area contributed by atoms with Crippen molar-refractivity contribution < 1.29 is 18.0 Å². The van der Waals surface area contributed by atoms with E-state index in [2.05, 4.69) is 22.1 Å². The van der Waals surface area contributed by atoms with Crippen molar-refractivity contribution in [2.75, 3.05) is 23.8 Å². The fourth-order valence-electron chi connectivity index (χ4n) is 3.77. The molecule has 8 heteroatoms. The van der Waals surface area contributed by atoms with Crippen molar-refractivity contribution in [3.05, 3.63) is 76.4 Å². The monoisotopic (exact) mass is 503 g/mol. The van der Waals surface area contributed by atoms with Crippen LogP contribution in [0.5, 0.6) is 0 Å². The van der Waals surface area contributed by atoms with Crippen LogP contribution >= 0.6 is 11.6 Å². The number of aromatic nitrogens is 1. The lowest BCUT2D eigenvalue weighted by atomic mass is 9.97. The van der Waals surface area contributed by atoms with E-state index < -0.39 is 11.7 Å². The number of benzene rings is 2. The van der Waals surface area contributed by atoms with E-state index in [9.17, 15) is 18.0 Å². The van der Waals surface area contributed by atoms with Gasteiger partial charge >= 0.3 is 6.18 Å². The van der Waals surface area contributed by atoms with Crippen molar-refractivity contribution in [3.8, 4) is 11.1 Å². The highest BCUT2D eigenvalue weighted by molar-refractivity contribution is 6.31. The molecule has 0 unspecified atom stereocenters. The average molecular weight is 504 g/mol. The fourth-order valence-corrected chi connectivity index (χ4v) is 4.05. The molecule has 186 valence electrons. The molecule has 0 aliphatic rings. The molecule has 0 saturated carbocycles. The summed E-state index contributed by atoms with van der Waals surface area (Å²) in [5.74, 6) is 0.489. The van der Waals surface area contributed by atoms with Gasteiger partial charge in [0.15, 0.2) is 0 Å². The molecule has 0 spiro atoms. The van der Waals surface area contributed by atoms with Crippen LogP contribution in [0.1, 0.15) is 54.1 Å². The van der Waals surface area contributed by atoms with Gasteiger partial charge < -0.3 is 10.2 Å². The van der Waals surface area contributed by atoms with E-state index in [4.69, 9.17) is 11.6 Å². The first-order valence-electron chi connectivity index (χ1n) is 11.6. The molecule has 0 bridgehead atoms. The molecule has 35 heavy (non-hydrogen) atoms. The number of rotatable bonds is 9. The average Bonchev–Trinajstić information content (AvgIpc) is 2.81.